The Bertz CT molecular complexity index is 710. The maximum atomic E-state index is 11.7. The van der Waals surface area contributed by atoms with E-state index in [4.69, 9.17) is 10.00 Å². The highest BCUT2D eigenvalue weighted by atomic mass is 32.2. The summed E-state index contributed by atoms with van der Waals surface area (Å²) in [6, 6.07) is 6.09. The number of rotatable bonds is 3. The van der Waals surface area contributed by atoms with Crippen molar-refractivity contribution < 1.29 is 18.1 Å². The van der Waals surface area contributed by atoms with Gasteiger partial charge in [0.15, 0.2) is 15.9 Å². The largest absolute Gasteiger partial charge is 0.360 e. The van der Waals surface area contributed by atoms with E-state index in [-0.39, 0.29) is 23.7 Å². The van der Waals surface area contributed by atoms with Gasteiger partial charge in [0.05, 0.1) is 24.1 Å². The van der Waals surface area contributed by atoms with E-state index in [0.717, 1.165) is 6.26 Å². The minimum absolute atomic E-state index is 0.157. The maximum absolute atomic E-state index is 11.7. The molecular formula is C12H13N3O5S. The van der Waals surface area contributed by atoms with Gasteiger partial charge >= 0.3 is 5.69 Å². The van der Waals surface area contributed by atoms with Crippen molar-refractivity contribution in [3.8, 4) is 6.07 Å². The van der Waals surface area contributed by atoms with E-state index in [1.54, 1.807) is 4.90 Å². The number of morpholine rings is 1. The Balaban J connectivity index is 2.54. The van der Waals surface area contributed by atoms with Crippen molar-refractivity contribution in [3.63, 3.8) is 0 Å². The number of para-hydroxylation sites is 1. The summed E-state index contributed by atoms with van der Waals surface area (Å²) in [5.74, 6) is 0. The molecule has 0 N–H and O–H groups in total. The lowest BCUT2D eigenvalue weighted by molar-refractivity contribution is -0.387. The summed E-state index contributed by atoms with van der Waals surface area (Å²) in [7, 11) is -3.72. The van der Waals surface area contributed by atoms with Gasteiger partial charge in [-0.3, -0.25) is 10.1 Å². The number of nitro groups is 1. The first kappa shape index (κ1) is 15.2. The average Bonchev–Trinajstić information content (AvgIpc) is 2.45. The predicted octanol–water partition coefficient (Wildman–Crippen LogP) is 0.727. The molecule has 0 bridgehead atoms. The highest BCUT2D eigenvalue weighted by molar-refractivity contribution is 7.90. The van der Waals surface area contributed by atoms with Crippen LogP contribution in [0.15, 0.2) is 23.1 Å². The molecule has 112 valence electrons. The quantitative estimate of drug-likeness (QED) is 0.597. The average molecular weight is 311 g/mol. The fourth-order valence-electron chi connectivity index (χ4n) is 2.19. The molecule has 1 atom stereocenters. The zero-order valence-corrected chi connectivity index (χ0v) is 12.0. The third-order valence-corrected chi connectivity index (χ3v) is 4.24. The van der Waals surface area contributed by atoms with Crippen LogP contribution in [0.3, 0.4) is 0 Å². The second kappa shape index (κ2) is 5.67. The van der Waals surface area contributed by atoms with Gasteiger partial charge in [0, 0.05) is 12.8 Å². The monoisotopic (exact) mass is 311 g/mol. The zero-order valence-electron chi connectivity index (χ0n) is 11.2. The van der Waals surface area contributed by atoms with Crippen LogP contribution in [0.5, 0.6) is 0 Å². The number of hydrogen-bond acceptors (Lipinski definition) is 7. The number of nitriles is 1. The Morgan fingerprint density at radius 3 is 2.81 bits per heavy atom. The van der Waals surface area contributed by atoms with Crippen LogP contribution in [-0.4, -0.2) is 45.4 Å². The van der Waals surface area contributed by atoms with Crippen molar-refractivity contribution in [1.29, 1.82) is 5.26 Å². The van der Waals surface area contributed by atoms with Gasteiger partial charge in [-0.25, -0.2) is 8.42 Å². The number of sulfone groups is 1. The van der Waals surface area contributed by atoms with Gasteiger partial charge in [0.25, 0.3) is 0 Å². The van der Waals surface area contributed by atoms with Gasteiger partial charge in [-0.05, 0) is 12.1 Å². The molecule has 0 saturated carbocycles. The number of ether oxygens (including phenoxy) is 1. The van der Waals surface area contributed by atoms with Crippen molar-refractivity contribution >= 4 is 21.2 Å². The fourth-order valence-corrected chi connectivity index (χ4v) is 3.05. The SMILES string of the molecule is CS(=O)(=O)c1cccc(N2CCOC(C#N)C2)c1[N+](=O)[O-]. The van der Waals surface area contributed by atoms with Crippen LogP contribution >= 0.6 is 0 Å². The van der Waals surface area contributed by atoms with Crippen LogP contribution in [0.25, 0.3) is 0 Å². The summed E-state index contributed by atoms with van der Waals surface area (Å²) in [6.45, 7) is 0.759. The summed E-state index contributed by atoms with van der Waals surface area (Å²) in [6.07, 6.45) is 0.233. The first-order valence-electron chi connectivity index (χ1n) is 6.08. The molecule has 1 fully saturated rings. The maximum Gasteiger partial charge on any atom is 0.311 e. The third kappa shape index (κ3) is 3.12. The Morgan fingerprint density at radius 1 is 1.52 bits per heavy atom. The number of benzene rings is 1. The molecule has 1 aliphatic rings. The third-order valence-electron chi connectivity index (χ3n) is 3.11. The molecule has 1 unspecified atom stereocenters. The Hall–Kier alpha value is -2.18. The van der Waals surface area contributed by atoms with Gasteiger partial charge in [-0.1, -0.05) is 6.07 Å². The first-order chi connectivity index (χ1) is 9.84. The fraction of sp³-hybridized carbons (Fsp3) is 0.417. The highest BCUT2D eigenvalue weighted by Crippen LogP contribution is 2.35. The predicted molar refractivity (Wildman–Crippen MR) is 73.8 cm³/mol. The molecule has 1 aromatic rings. The molecule has 0 amide bonds. The molecule has 21 heavy (non-hydrogen) atoms. The lowest BCUT2D eigenvalue weighted by atomic mass is 10.2. The van der Waals surface area contributed by atoms with Crippen molar-refractivity contribution in [2.75, 3.05) is 30.9 Å². The summed E-state index contributed by atoms with van der Waals surface area (Å²) >= 11 is 0. The van der Waals surface area contributed by atoms with Gasteiger partial charge < -0.3 is 9.64 Å². The van der Waals surface area contributed by atoms with Crippen LogP contribution in [0.1, 0.15) is 0 Å². The van der Waals surface area contributed by atoms with E-state index in [1.807, 2.05) is 6.07 Å². The number of nitro benzene ring substituents is 1. The summed E-state index contributed by atoms with van der Waals surface area (Å²) in [5.41, 5.74) is -0.273. The van der Waals surface area contributed by atoms with Gasteiger partial charge in [-0.15, -0.1) is 0 Å². The topological polar surface area (TPSA) is 114 Å². The lowest BCUT2D eigenvalue weighted by Crippen LogP contribution is -2.42. The van der Waals surface area contributed by atoms with E-state index in [9.17, 15) is 18.5 Å². The molecule has 1 aromatic carbocycles. The molecule has 1 aliphatic heterocycles. The van der Waals surface area contributed by atoms with E-state index in [2.05, 4.69) is 0 Å². The van der Waals surface area contributed by atoms with Crippen molar-refractivity contribution in [2.24, 2.45) is 0 Å². The number of anilines is 1. The van der Waals surface area contributed by atoms with Crippen LogP contribution < -0.4 is 4.90 Å². The summed E-state index contributed by atoms with van der Waals surface area (Å²) in [5, 5.41) is 20.2. The summed E-state index contributed by atoms with van der Waals surface area (Å²) < 4.78 is 28.6. The first-order valence-corrected chi connectivity index (χ1v) is 7.97. The highest BCUT2D eigenvalue weighted by Gasteiger charge is 2.31. The van der Waals surface area contributed by atoms with Crippen LogP contribution in [0.2, 0.25) is 0 Å². The lowest BCUT2D eigenvalue weighted by Gasteiger charge is -2.31. The van der Waals surface area contributed by atoms with Crippen LogP contribution in [-0.2, 0) is 14.6 Å². The van der Waals surface area contributed by atoms with Gasteiger partial charge in [-0.2, -0.15) is 5.26 Å². The normalized spacial score (nSPS) is 19.0. The minimum Gasteiger partial charge on any atom is -0.360 e. The molecule has 0 spiro atoms. The molecule has 1 saturated heterocycles. The van der Waals surface area contributed by atoms with Crippen molar-refractivity contribution in [3.05, 3.63) is 28.3 Å². The van der Waals surface area contributed by atoms with Crippen LogP contribution in [0, 0.1) is 21.4 Å². The molecular weight excluding hydrogens is 298 g/mol. The molecule has 0 aliphatic carbocycles. The van der Waals surface area contributed by atoms with Crippen molar-refractivity contribution in [1.82, 2.24) is 0 Å². The van der Waals surface area contributed by atoms with E-state index in [0.29, 0.717) is 6.54 Å². The molecule has 1 heterocycles. The molecule has 0 radical (unpaired) electrons. The number of nitrogens with zero attached hydrogens (tertiary/aromatic N) is 3. The second-order valence-electron chi connectivity index (χ2n) is 4.59. The van der Waals surface area contributed by atoms with Gasteiger partial charge in [0.2, 0.25) is 0 Å². The van der Waals surface area contributed by atoms with E-state index in [1.165, 1.54) is 18.2 Å². The molecule has 0 aromatic heterocycles. The van der Waals surface area contributed by atoms with Crippen LogP contribution in [0.4, 0.5) is 11.4 Å². The zero-order chi connectivity index (χ0) is 15.6. The number of hydrogen-bond donors (Lipinski definition) is 0. The Kier molecular flexibility index (Phi) is 4.11. The smallest absolute Gasteiger partial charge is 0.311 e. The van der Waals surface area contributed by atoms with Gasteiger partial charge in [0.1, 0.15) is 10.6 Å². The Morgan fingerprint density at radius 2 is 2.24 bits per heavy atom. The van der Waals surface area contributed by atoms with E-state index < -0.39 is 26.6 Å². The van der Waals surface area contributed by atoms with Crippen molar-refractivity contribution in [2.45, 2.75) is 11.0 Å². The standard InChI is InChI=1S/C12H13N3O5S/c1-21(18,19)11-4-2-3-10(12(11)15(16)17)14-5-6-20-9(7-13)8-14/h2-4,9H,5-6,8H2,1H3. The van der Waals surface area contributed by atoms with E-state index >= 15 is 0 Å². The molecule has 9 heteroatoms. The summed E-state index contributed by atoms with van der Waals surface area (Å²) in [4.78, 5) is 11.9. The Labute approximate surface area is 121 Å². The second-order valence-corrected chi connectivity index (χ2v) is 6.57. The molecule has 2 rings (SSSR count). The molecule has 8 nitrogen and oxygen atoms in total. The minimum atomic E-state index is -3.72.